The Labute approximate surface area is 120 Å². The van der Waals surface area contributed by atoms with Gasteiger partial charge < -0.3 is 16.6 Å². The van der Waals surface area contributed by atoms with E-state index >= 15 is 0 Å². The lowest BCUT2D eigenvalue weighted by atomic mass is 10.1. The molecule has 9 nitrogen and oxygen atoms in total. The molecule has 3 rings (SSSR count). The summed E-state index contributed by atoms with van der Waals surface area (Å²) in [7, 11) is 0. The Balaban J connectivity index is 2.14. The topological polar surface area (TPSA) is 144 Å². The smallest absolute Gasteiger partial charge is 0.228 e. The molecule has 1 amide bonds. The fraction of sp³-hybridized carbons (Fsp3) is 0.417. The third-order valence-electron chi connectivity index (χ3n) is 3.41. The minimum absolute atomic E-state index is 0.0209. The van der Waals surface area contributed by atoms with E-state index in [-0.39, 0.29) is 24.4 Å². The molecule has 1 aliphatic heterocycles. The number of carbonyl (C=O) groups excluding carboxylic acids is 1. The SMILES string of the molecule is NCC1CC(=O)N(c2nc(N)nc3ncc(CO)nc23)C1. The van der Waals surface area contributed by atoms with Gasteiger partial charge in [0.1, 0.15) is 0 Å². The molecule has 2 aromatic rings. The molecular formula is C12H15N7O2. The Morgan fingerprint density at radius 2 is 2.19 bits per heavy atom. The molecular weight excluding hydrogens is 274 g/mol. The van der Waals surface area contributed by atoms with Gasteiger partial charge in [-0.25, -0.2) is 9.97 Å². The first kappa shape index (κ1) is 13.6. The minimum Gasteiger partial charge on any atom is -0.390 e. The number of anilines is 2. The molecule has 1 atom stereocenters. The van der Waals surface area contributed by atoms with Gasteiger partial charge in [0.15, 0.2) is 17.0 Å². The number of rotatable bonds is 3. The van der Waals surface area contributed by atoms with E-state index in [2.05, 4.69) is 19.9 Å². The van der Waals surface area contributed by atoms with Crippen LogP contribution in [0.3, 0.4) is 0 Å². The third kappa shape index (κ3) is 2.36. The molecule has 0 bridgehead atoms. The summed E-state index contributed by atoms with van der Waals surface area (Å²) in [5.41, 5.74) is 12.3. The van der Waals surface area contributed by atoms with E-state index in [1.165, 1.54) is 11.1 Å². The van der Waals surface area contributed by atoms with Crippen molar-refractivity contribution < 1.29 is 9.90 Å². The largest absolute Gasteiger partial charge is 0.390 e. The van der Waals surface area contributed by atoms with Crippen LogP contribution in [0.25, 0.3) is 11.2 Å². The summed E-state index contributed by atoms with van der Waals surface area (Å²) in [4.78, 5) is 30.1. The van der Waals surface area contributed by atoms with E-state index in [1.807, 2.05) is 0 Å². The molecule has 3 heterocycles. The zero-order chi connectivity index (χ0) is 15.0. The molecule has 1 aliphatic rings. The number of aliphatic hydroxyl groups is 1. The molecule has 21 heavy (non-hydrogen) atoms. The number of nitrogens with zero attached hydrogens (tertiary/aromatic N) is 5. The Bertz CT molecular complexity index is 705. The average molecular weight is 289 g/mol. The highest BCUT2D eigenvalue weighted by atomic mass is 16.3. The van der Waals surface area contributed by atoms with Crippen LogP contribution in [0.5, 0.6) is 0 Å². The zero-order valence-corrected chi connectivity index (χ0v) is 11.2. The summed E-state index contributed by atoms with van der Waals surface area (Å²) < 4.78 is 0. The van der Waals surface area contributed by atoms with Crippen molar-refractivity contribution in [3.05, 3.63) is 11.9 Å². The van der Waals surface area contributed by atoms with Crippen molar-refractivity contribution in [2.24, 2.45) is 11.7 Å². The van der Waals surface area contributed by atoms with E-state index in [1.54, 1.807) is 0 Å². The second-order valence-electron chi connectivity index (χ2n) is 4.91. The summed E-state index contributed by atoms with van der Waals surface area (Å²) in [5.74, 6) is 0.340. The van der Waals surface area contributed by atoms with E-state index in [9.17, 15) is 9.90 Å². The van der Waals surface area contributed by atoms with Crippen LogP contribution >= 0.6 is 0 Å². The Kier molecular flexibility index (Phi) is 3.35. The minimum atomic E-state index is -0.258. The second kappa shape index (κ2) is 5.19. The predicted octanol–water partition coefficient (Wildman–Crippen LogP) is -1.19. The molecule has 5 N–H and O–H groups in total. The maximum atomic E-state index is 12.1. The van der Waals surface area contributed by atoms with Gasteiger partial charge in [0.25, 0.3) is 0 Å². The summed E-state index contributed by atoms with van der Waals surface area (Å²) in [5, 5.41) is 9.17. The molecule has 110 valence electrons. The molecule has 0 saturated carbocycles. The fourth-order valence-corrected chi connectivity index (χ4v) is 2.35. The average Bonchev–Trinajstić information content (AvgIpc) is 2.87. The number of amides is 1. The van der Waals surface area contributed by atoms with E-state index < -0.39 is 0 Å². The first-order chi connectivity index (χ1) is 10.1. The van der Waals surface area contributed by atoms with Gasteiger partial charge in [-0.1, -0.05) is 0 Å². The Hall–Kier alpha value is -2.39. The first-order valence-corrected chi connectivity index (χ1v) is 6.52. The van der Waals surface area contributed by atoms with Crippen LogP contribution in [0.1, 0.15) is 12.1 Å². The molecule has 1 fully saturated rings. The first-order valence-electron chi connectivity index (χ1n) is 6.52. The van der Waals surface area contributed by atoms with Crippen LogP contribution in [0, 0.1) is 5.92 Å². The van der Waals surface area contributed by atoms with Crippen LogP contribution in [-0.2, 0) is 11.4 Å². The van der Waals surface area contributed by atoms with Crippen LogP contribution in [0.2, 0.25) is 0 Å². The second-order valence-corrected chi connectivity index (χ2v) is 4.91. The van der Waals surface area contributed by atoms with Crippen molar-refractivity contribution in [2.75, 3.05) is 23.7 Å². The quantitative estimate of drug-likeness (QED) is 0.639. The Morgan fingerprint density at radius 3 is 2.86 bits per heavy atom. The number of hydrogen-bond acceptors (Lipinski definition) is 8. The molecule has 0 aromatic carbocycles. The number of fused-ring (bicyclic) bond motifs is 1. The van der Waals surface area contributed by atoms with Crippen molar-refractivity contribution in [3.63, 3.8) is 0 Å². The molecule has 9 heteroatoms. The van der Waals surface area contributed by atoms with Gasteiger partial charge in [-0.15, -0.1) is 0 Å². The number of hydrogen-bond donors (Lipinski definition) is 3. The molecule has 2 aromatic heterocycles. The van der Waals surface area contributed by atoms with E-state index in [4.69, 9.17) is 11.5 Å². The maximum Gasteiger partial charge on any atom is 0.228 e. The summed E-state index contributed by atoms with van der Waals surface area (Å²) in [6, 6.07) is 0. The van der Waals surface area contributed by atoms with Gasteiger partial charge >= 0.3 is 0 Å². The lowest BCUT2D eigenvalue weighted by Crippen LogP contribution is -2.27. The summed E-state index contributed by atoms with van der Waals surface area (Å²) in [6.45, 7) is 0.631. The van der Waals surface area contributed by atoms with Gasteiger partial charge in [0, 0.05) is 13.0 Å². The molecule has 1 saturated heterocycles. The van der Waals surface area contributed by atoms with Crippen molar-refractivity contribution in [2.45, 2.75) is 13.0 Å². The van der Waals surface area contributed by atoms with Crippen LogP contribution in [0.15, 0.2) is 6.20 Å². The summed E-state index contributed by atoms with van der Waals surface area (Å²) >= 11 is 0. The number of aromatic nitrogens is 4. The highest BCUT2D eigenvalue weighted by Gasteiger charge is 2.32. The van der Waals surface area contributed by atoms with Crippen LogP contribution in [-0.4, -0.2) is 44.0 Å². The van der Waals surface area contributed by atoms with E-state index in [0.717, 1.165) is 0 Å². The number of nitrogen functional groups attached to an aromatic ring is 1. The van der Waals surface area contributed by atoms with Crippen molar-refractivity contribution in [1.29, 1.82) is 0 Å². The van der Waals surface area contributed by atoms with Gasteiger partial charge in [-0.2, -0.15) is 9.97 Å². The van der Waals surface area contributed by atoms with Crippen LogP contribution < -0.4 is 16.4 Å². The number of carbonyl (C=O) groups is 1. The maximum absolute atomic E-state index is 12.1. The molecule has 1 unspecified atom stereocenters. The standard InChI is InChI=1S/C12H15N7O2/c13-2-6-1-8(21)19(4-6)11-9-10(17-12(14)18-11)15-3-7(5-20)16-9/h3,6,20H,1-2,4-5,13H2,(H2,14,15,17,18). The number of nitrogens with two attached hydrogens (primary N) is 2. The van der Waals surface area contributed by atoms with Crippen LogP contribution in [0.4, 0.5) is 11.8 Å². The predicted molar refractivity (Wildman–Crippen MR) is 75.0 cm³/mol. The molecule has 0 radical (unpaired) electrons. The van der Waals surface area contributed by atoms with E-state index in [0.29, 0.717) is 42.2 Å². The lowest BCUT2D eigenvalue weighted by molar-refractivity contribution is -0.117. The molecule has 0 spiro atoms. The van der Waals surface area contributed by atoms with Crippen molar-refractivity contribution in [1.82, 2.24) is 19.9 Å². The lowest BCUT2D eigenvalue weighted by Gasteiger charge is -2.17. The molecule has 0 aliphatic carbocycles. The Morgan fingerprint density at radius 1 is 1.38 bits per heavy atom. The van der Waals surface area contributed by atoms with Gasteiger partial charge in [-0.3, -0.25) is 9.69 Å². The normalized spacial score (nSPS) is 18.7. The van der Waals surface area contributed by atoms with Gasteiger partial charge in [-0.05, 0) is 12.5 Å². The number of aliphatic hydroxyl groups excluding tert-OH is 1. The van der Waals surface area contributed by atoms with Gasteiger partial charge in [0.2, 0.25) is 11.9 Å². The summed E-state index contributed by atoms with van der Waals surface area (Å²) in [6.07, 6.45) is 1.78. The highest BCUT2D eigenvalue weighted by molar-refractivity contribution is 6.00. The third-order valence-corrected chi connectivity index (χ3v) is 3.41. The van der Waals surface area contributed by atoms with Crippen molar-refractivity contribution >= 4 is 28.8 Å². The fourth-order valence-electron chi connectivity index (χ4n) is 2.35. The highest BCUT2D eigenvalue weighted by Crippen LogP contribution is 2.28. The van der Waals surface area contributed by atoms with Gasteiger partial charge in [0.05, 0.1) is 18.5 Å². The monoisotopic (exact) mass is 289 g/mol. The zero-order valence-electron chi connectivity index (χ0n) is 11.2. The van der Waals surface area contributed by atoms with Crippen molar-refractivity contribution in [3.8, 4) is 0 Å².